The highest BCUT2D eigenvalue weighted by Crippen LogP contribution is 2.36. The van der Waals surface area contributed by atoms with Crippen LogP contribution in [0.4, 0.5) is 5.69 Å². The number of ether oxygens (including phenoxy) is 1. The molecule has 2 aromatic carbocycles. The molecule has 52 heavy (non-hydrogen) atoms. The summed E-state index contributed by atoms with van der Waals surface area (Å²) in [6.45, 7) is 2.65. The summed E-state index contributed by atoms with van der Waals surface area (Å²) in [5.41, 5.74) is 5.00. The van der Waals surface area contributed by atoms with Gasteiger partial charge in [-0.25, -0.2) is 4.98 Å². The monoisotopic (exact) mass is 704 g/mol. The van der Waals surface area contributed by atoms with Gasteiger partial charge in [-0.05, 0) is 107 Å². The molecule has 8 rings (SSSR count). The van der Waals surface area contributed by atoms with Crippen molar-refractivity contribution < 1.29 is 23.9 Å². The second kappa shape index (κ2) is 14.5. The van der Waals surface area contributed by atoms with Crippen LogP contribution in [-0.4, -0.2) is 82.0 Å². The van der Waals surface area contributed by atoms with Crippen LogP contribution in [0.3, 0.4) is 0 Å². The number of benzene rings is 2. The molecule has 5 aliphatic rings. The molecule has 4 heterocycles. The highest BCUT2D eigenvalue weighted by Gasteiger charge is 2.44. The van der Waals surface area contributed by atoms with E-state index in [1.54, 1.807) is 24.4 Å². The maximum Gasteiger partial charge on any atom is 0.262 e. The number of hydrogen-bond donors (Lipinski definition) is 5. The van der Waals surface area contributed by atoms with E-state index in [0.29, 0.717) is 23.4 Å². The van der Waals surface area contributed by atoms with Crippen molar-refractivity contribution in [1.29, 1.82) is 5.41 Å². The number of nitrogens with one attached hydrogen (secondary N) is 5. The van der Waals surface area contributed by atoms with Gasteiger partial charge in [-0.1, -0.05) is 0 Å². The molecule has 270 valence electrons. The lowest BCUT2D eigenvalue weighted by molar-refractivity contribution is -0.136. The van der Waals surface area contributed by atoms with E-state index in [2.05, 4.69) is 26.3 Å². The van der Waals surface area contributed by atoms with Crippen LogP contribution >= 0.6 is 0 Å². The fourth-order valence-corrected chi connectivity index (χ4v) is 7.69. The zero-order valence-corrected chi connectivity index (χ0v) is 29.1. The van der Waals surface area contributed by atoms with Gasteiger partial charge in [0.05, 0.1) is 34.1 Å². The molecule has 4 fully saturated rings. The Morgan fingerprint density at radius 2 is 1.77 bits per heavy atom. The number of hydrogen-bond acceptors (Lipinski definition) is 11. The van der Waals surface area contributed by atoms with Gasteiger partial charge in [-0.3, -0.25) is 34.4 Å². The number of carbonyl (C=O) groups is 4. The predicted octanol–water partition coefficient (Wildman–Crippen LogP) is 4.19. The Balaban J connectivity index is 0.826. The molecular weight excluding hydrogens is 660 g/mol. The van der Waals surface area contributed by atoms with Gasteiger partial charge in [0, 0.05) is 54.2 Å². The number of allylic oxidation sites excluding steroid dienone is 1. The first-order chi connectivity index (χ1) is 25.3. The van der Waals surface area contributed by atoms with Crippen LogP contribution in [0.5, 0.6) is 5.75 Å². The normalized spacial score (nSPS) is 23.7. The van der Waals surface area contributed by atoms with Crippen molar-refractivity contribution in [3.05, 3.63) is 65.6 Å². The molecule has 0 spiro atoms. The van der Waals surface area contributed by atoms with Gasteiger partial charge in [0.1, 0.15) is 17.9 Å². The van der Waals surface area contributed by atoms with Crippen molar-refractivity contribution in [1.82, 2.24) is 30.8 Å². The molecule has 0 radical (unpaired) electrons. The molecule has 4 amide bonds. The minimum Gasteiger partial charge on any atom is -0.490 e. The molecule has 0 bridgehead atoms. The van der Waals surface area contributed by atoms with Crippen molar-refractivity contribution in [2.24, 2.45) is 11.8 Å². The molecule has 2 saturated carbocycles. The Bertz CT molecular complexity index is 1960. The number of carbonyl (C=O) groups excluding carboxylic acids is 4. The van der Waals surface area contributed by atoms with Crippen LogP contribution in [0, 0.1) is 17.2 Å². The first-order valence-electron chi connectivity index (χ1n) is 18.6. The Morgan fingerprint density at radius 1 is 0.962 bits per heavy atom. The number of rotatable bonds is 13. The van der Waals surface area contributed by atoms with Crippen molar-refractivity contribution in [2.45, 2.75) is 82.4 Å². The molecule has 1 atom stereocenters. The number of anilines is 1. The number of nitrogens with zero attached hydrogens (tertiary/aromatic N) is 3. The number of fused-ring (bicyclic) bond motifs is 2. The third-order valence-corrected chi connectivity index (χ3v) is 10.9. The molecule has 13 nitrogen and oxygen atoms in total. The van der Waals surface area contributed by atoms with Crippen LogP contribution < -0.4 is 26.0 Å². The van der Waals surface area contributed by atoms with Crippen molar-refractivity contribution in [3.63, 3.8) is 0 Å². The van der Waals surface area contributed by atoms with E-state index in [1.165, 1.54) is 0 Å². The van der Waals surface area contributed by atoms with E-state index < -0.39 is 29.7 Å². The number of amides is 4. The second-order valence-electron chi connectivity index (χ2n) is 14.7. The maximum absolute atomic E-state index is 13.1. The molecule has 3 aliphatic heterocycles. The fourth-order valence-electron chi connectivity index (χ4n) is 7.69. The fraction of sp³-hybridized carbons (Fsp3) is 0.462. The SMILES string of the molecule is N=C(/C(=C\NC1CC(CCCNc2ccc3c(c2)C(=O)N(C2CCC(=O)NC2=O)C3=O)C1)c1cnc2ccc(OC3CCNCC3)cc2n1)C1CC1. The third-order valence-electron chi connectivity index (χ3n) is 10.9. The Labute approximate surface area is 301 Å². The molecule has 1 aromatic heterocycles. The lowest BCUT2D eigenvalue weighted by Crippen LogP contribution is -2.54. The Kier molecular flexibility index (Phi) is 9.43. The van der Waals surface area contributed by atoms with E-state index in [-0.39, 0.29) is 36.0 Å². The summed E-state index contributed by atoms with van der Waals surface area (Å²) in [4.78, 5) is 60.6. The van der Waals surface area contributed by atoms with E-state index in [0.717, 1.165) is 104 Å². The van der Waals surface area contributed by atoms with Crippen LogP contribution in [0.2, 0.25) is 0 Å². The van der Waals surface area contributed by atoms with Gasteiger partial charge in [-0.2, -0.15) is 0 Å². The highest BCUT2D eigenvalue weighted by atomic mass is 16.5. The van der Waals surface area contributed by atoms with Crippen LogP contribution in [0.25, 0.3) is 16.6 Å². The summed E-state index contributed by atoms with van der Waals surface area (Å²) in [6, 6.07) is 10.3. The topological polar surface area (TPSA) is 178 Å². The summed E-state index contributed by atoms with van der Waals surface area (Å²) in [6.07, 6.45) is 12.3. The molecular formula is C39H44N8O5. The zero-order chi connectivity index (χ0) is 35.8. The van der Waals surface area contributed by atoms with Gasteiger partial charge in [-0.15, -0.1) is 0 Å². The number of imide groups is 2. The summed E-state index contributed by atoms with van der Waals surface area (Å²) >= 11 is 0. The quantitative estimate of drug-likeness (QED) is 0.0985. The minimum atomic E-state index is -0.972. The van der Waals surface area contributed by atoms with Crippen LogP contribution in [0.1, 0.15) is 90.6 Å². The predicted molar refractivity (Wildman–Crippen MR) is 195 cm³/mol. The van der Waals surface area contributed by atoms with Gasteiger partial charge in [0.25, 0.3) is 11.8 Å². The molecule has 2 aliphatic carbocycles. The van der Waals surface area contributed by atoms with Gasteiger partial charge < -0.3 is 26.1 Å². The number of piperidine rings is 2. The molecule has 13 heteroatoms. The van der Waals surface area contributed by atoms with Gasteiger partial charge >= 0.3 is 0 Å². The Hall–Kier alpha value is -5.17. The van der Waals surface area contributed by atoms with Crippen LogP contribution in [-0.2, 0) is 9.59 Å². The third kappa shape index (κ3) is 7.14. The molecule has 2 saturated heterocycles. The summed E-state index contributed by atoms with van der Waals surface area (Å²) < 4.78 is 6.25. The van der Waals surface area contributed by atoms with Gasteiger partial charge in [0.2, 0.25) is 11.8 Å². The summed E-state index contributed by atoms with van der Waals surface area (Å²) in [5, 5.41) is 21.5. The lowest BCUT2D eigenvalue weighted by Gasteiger charge is -2.36. The minimum absolute atomic E-state index is 0.0912. The molecule has 3 aromatic rings. The number of aromatic nitrogens is 2. The standard InChI is InChI=1S/C39H44N8O5/c40-36(23-3-4-23)30(33-21-44-31-8-6-27(19-32(31)45-33)52-26-11-14-41-15-12-26)20-43-25-16-22(17-25)2-1-13-42-24-5-7-28-29(18-24)39(51)47(38(28)50)34-9-10-35(48)46-37(34)49/h5-8,18-23,25-26,34,40-43H,1-4,9-17H2,(H,46,48,49)/b30-20-,40-36?. The first kappa shape index (κ1) is 33.9. The van der Waals surface area contributed by atoms with Crippen molar-refractivity contribution in [3.8, 4) is 5.75 Å². The largest absolute Gasteiger partial charge is 0.490 e. The second-order valence-corrected chi connectivity index (χ2v) is 14.7. The van der Waals surface area contributed by atoms with Gasteiger partial charge in [0.15, 0.2) is 0 Å². The van der Waals surface area contributed by atoms with Crippen LogP contribution in [0.15, 0.2) is 48.8 Å². The van der Waals surface area contributed by atoms with E-state index in [1.807, 2.05) is 24.4 Å². The Morgan fingerprint density at radius 3 is 2.56 bits per heavy atom. The smallest absolute Gasteiger partial charge is 0.262 e. The zero-order valence-electron chi connectivity index (χ0n) is 29.1. The average molecular weight is 705 g/mol. The first-order valence-corrected chi connectivity index (χ1v) is 18.6. The van der Waals surface area contributed by atoms with E-state index >= 15 is 0 Å². The van der Waals surface area contributed by atoms with Crippen molar-refractivity contribution >= 4 is 51.6 Å². The van der Waals surface area contributed by atoms with E-state index in [9.17, 15) is 19.2 Å². The summed E-state index contributed by atoms with van der Waals surface area (Å²) in [5.74, 6) is -0.338. The molecule has 5 N–H and O–H groups in total. The molecule has 1 unspecified atom stereocenters. The highest BCUT2D eigenvalue weighted by molar-refractivity contribution is 6.24. The lowest BCUT2D eigenvalue weighted by atomic mass is 9.77. The summed E-state index contributed by atoms with van der Waals surface area (Å²) in [7, 11) is 0. The maximum atomic E-state index is 13.1. The van der Waals surface area contributed by atoms with E-state index in [4.69, 9.17) is 15.1 Å². The van der Waals surface area contributed by atoms with Crippen molar-refractivity contribution in [2.75, 3.05) is 25.0 Å². The average Bonchev–Trinajstić information content (AvgIpc) is 3.95.